The molecule has 118 valence electrons. The summed E-state index contributed by atoms with van der Waals surface area (Å²) in [5.74, 6) is 0. The van der Waals surface area contributed by atoms with Crippen LogP contribution in [0.5, 0.6) is 0 Å². The van der Waals surface area contributed by atoms with Gasteiger partial charge in [0.25, 0.3) is 0 Å². The van der Waals surface area contributed by atoms with E-state index in [1.807, 2.05) is 19.1 Å². The third-order valence-electron chi connectivity index (χ3n) is 3.40. The van der Waals surface area contributed by atoms with Crippen molar-refractivity contribution in [2.24, 2.45) is 0 Å². The van der Waals surface area contributed by atoms with Crippen molar-refractivity contribution in [3.05, 3.63) is 24.3 Å². The fourth-order valence-corrected chi connectivity index (χ4v) is 3.38. The van der Waals surface area contributed by atoms with E-state index in [1.54, 1.807) is 12.1 Å². The van der Waals surface area contributed by atoms with Crippen molar-refractivity contribution in [1.29, 1.82) is 0 Å². The quantitative estimate of drug-likeness (QED) is 0.578. The van der Waals surface area contributed by atoms with Gasteiger partial charge in [-0.3, -0.25) is 0 Å². The molecule has 1 aliphatic rings. The minimum absolute atomic E-state index is 0.327. The molecular formula is C15H25N3O2S. The van der Waals surface area contributed by atoms with Crippen LogP contribution in [0.2, 0.25) is 0 Å². The Labute approximate surface area is 127 Å². The summed E-state index contributed by atoms with van der Waals surface area (Å²) in [6.07, 6.45) is 4.34. The lowest BCUT2D eigenvalue weighted by Crippen LogP contribution is -2.25. The number of rotatable bonds is 10. The monoisotopic (exact) mass is 311 g/mol. The highest BCUT2D eigenvalue weighted by molar-refractivity contribution is 7.89. The summed E-state index contributed by atoms with van der Waals surface area (Å²) in [6, 6.07) is 7.78. The lowest BCUT2D eigenvalue weighted by molar-refractivity contribution is 0.581. The maximum absolute atomic E-state index is 12.2. The van der Waals surface area contributed by atoms with Crippen LogP contribution in [0.4, 0.5) is 5.69 Å². The Balaban J connectivity index is 1.89. The van der Waals surface area contributed by atoms with Gasteiger partial charge in [0, 0.05) is 19.1 Å². The number of para-hydroxylation sites is 1. The molecule has 6 heteroatoms. The molecule has 1 aromatic rings. The van der Waals surface area contributed by atoms with Gasteiger partial charge in [-0.25, -0.2) is 13.1 Å². The molecule has 5 nitrogen and oxygen atoms in total. The van der Waals surface area contributed by atoms with E-state index >= 15 is 0 Å². The molecule has 3 N–H and O–H groups in total. The van der Waals surface area contributed by atoms with Crippen molar-refractivity contribution in [1.82, 2.24) is 10.0 Å². The Morgan fingerprint density at radius 3 is 2.62 bits per heavy atom. The van der Waals surface area contributed by atoms with Gasteiger partial charge in [-0.15, -0.1) is 0 Å². The minimum atomic E-state index is -3.43. The van der Waals surface area contributed by atoms with Crippen molar-refractivity contribution in [2.75, 3.05) is 25.0 Å². The van der Waals surface area contributed by atoms with Crippen LogP contribution in [0.1, 0.15) is 32.6 Å². The van der Waals surface area contributed by atoms with Gasteiger partial charge in [0.1, 0.15) is 4.90 Å². The largest absolute Gasteiger partial charge is 0.384 e. The highest BCUT2D eigenvalue weighted by Gasteiger charge is 2.19. The van der Waals surface area contributed by atoms with Gasteiger partial charge >= 0.3 is 0 Å². The first-order chi connectivity index (χ1) is 10.1. The molecule has 0 atom stereocenters. The number of nitrogens with one attached hydrogen (secondary N) is 3. The first kappa shape index (κ1) is 16.3. The Hall–Kier alpha value is -1.11. The standard InChI is InChI=1S/C15H25N3O2S/c1-2-10-18-21(19,20)15-7-4-3-6-14(15)17-12-5-11-16-13-8-9-13/h3-4,6-7,13,16-18H,2,5,8-12H2,1H3. The number of sulfonamides is 1. The summed E-state index contributed by atoms with van der Waals surface area (Å²) in [7, 11) is -3.43. The van der Waals surface area contributed by atoms with Crippen LogP contribution < -0.4 is 15.4 Å². The summed E-state index contributed by atoms with van der Waals surface area (Å²) in [5.41, 5.74) is 0.674. The third kappa shape index (κ3) is 5.30. The fourth-order valence-electron chi connectivity index (χ4n) is 2.07. The molecule has 0 spiro atoms. The maximum Gasteiger partial charge on any atom is 0.242 e. The first-order valence-electron chi connectivity index (χ1n) is 7.69. The fraction of sp³-hybridized carbons (Fsp3) is 0.600. The zero-order valence-electron chi connectivity index (χ0n) is 12.6. The highest BCUT2D eigenvalue weighted by atomic mass is 32.2. The van der Waals surface area contributed by atoms with Crippen molar-refractivity contribution in [3.8, 4) is 0 Å². The van der Waals surface area contributed by atoms with Gasteiger partial charge in [-0.05, 0) is 44.4 Å². The van der Waals surface area contributed by atoms with Crippen LogP contribution in [0, 0.1) is 0 Å². The Morgan fingerprint density at radius 1 is 1.14 bits per heavy atom. The topological polar surface area (TPSA) is 70.2 Å². The van der Waals surface area contributed by atoms with E-state index in [-0.39, 0.29) is 0 Å². The molecule has 0 aromatic heterocycles. The van der Waals surface area contributed by atoms with Gasteiger partial charge < -0.3 is 10.6 Å². The zero-order chi connectivity index (χ0) is 15.1. The van der Waals surface area contributed by atoms with E-state index in [4.69, 9.17) is 0 Å². The van der Waals surface area contributed by atoms with E-state index < -0.39 is 10.0 Å². The van der Waals surface area contributed by atoms with Crippen LogP contribution >= 0.6 is 0 Å². The van der Waals surface area contributed by atoms with Crippen LogP contribution in [-0.2, 0) is 10.0 Å². The Bertz CT molecular complexity index is 542. The molecule has 0 unspecified atom stereocenters. The molecule has 0 amide bonds. The second kappa shape index (κ2) is 7.77. The Morgan fingerprint density at radius 2 is 1.90 bits per heavy atom. The molecule has 0 saturated heterocycles. The van der Waals surface area contributed by atoms with Crippen molar-refractivity contribution >= 4 is 15.7 Å². The van der Waals surface area contributed by atoms with E-state index in [9.17, 15) is 8.42 Å². The zero-order valence-corrected chi connectivity index (χ0v) is 13.4. The van der Waals surface area contributed by atoms with Crippen molar-refractivity contribution in [3.63, 3.8) is 0 Å². The van der Waals surface area contributed by atoms with Gasteiger partial charge in [0.05, 0.1) is 5.69 Å². The number of anilines is 1. The molecule has 21 heavy (non-hydrogen) atoms. The van der Waals surface area contributed by atoms with Crippen molar-refractivity contribution < 1.29 is 8.42 Å². The van der Waals surface area contributed by atoms with Crippen LogP contribution in [0.15, 0.2) is 29.2 Å². The summed E-state index contributed by atoms with van der Waals surface area (Å²) in [5, 5.41) is 6.68. The maximum atomic E-state index is 12.2. The van der Waals surface area contributed by atoms with Crippen LogP contribution in [0.3, 0.4) is 0 Å². The molecule has 1 saturated carbocycles. The SMILES string of the molecule is CCCNS(=O)(=O)c1ccccc1NCCCNC1CC1. The minimum Gasteiger partial charge on any atom is -0.384 e. The molecule has 2 rings (SSSR count). The average molecular weight is 311 g/mol. The molecule has 1 aromatic carbocycles. The van der Waals surface area contributed by atoms with Gasteiger partial charge in [-0.2, -0.15) is 0 Å². The summed E-state index contributed by atoms with van der Waals surface area (Å²) in [6.45, 7) is 4.14. The van der Waals surface area contributed by atoms with E-state index in [2.05, 4.69) is 15.4 Å². The van der Waals surface area contributed by atoms with Crippen LogP contribution in [0.25, 0.3) is 0 Å². The summed E-state index contributed by atoms with van der Waals surface area (Å²) < 4.78 is 27.1. The lowest BCUT2D eigenvalue weighted by Gasteiger charge is -2.13. The van der Waals surface area contributed by atoms with Gasteiger partial charge in [0.15, 0.2) is 0 Å². The normalized spacial score (nSPS) is 15.1. The van der Waals surface area contributed by atoms with Gasteiger partial charge in [-0.1, -0.05) is 19.1 Å². The smallest absolute Gasteiger partial charge is 0.242 e. The van der Waals surface area contributed by atoms with Crippen LogP contribution in [-0.4, -0.2) is 34.1 Å². The molecule has 0 radical (unpaired) electrons. The molecular weight excluding hydrogens is 286 g/mol. The molecule has 0 heterocycles. The van der Waals surface area contributed by atoms with E-state index in [0.29, 0.717) is 17.1 Å². The first-order valence-corrected chi connectivity index (χ1v) is 9.18. The number of hydrogen-bond acceptors (Lipinski definition) is 4. The predicted molar refractivity (Wildman–Crippen MR) is 86.1 cm³/mol. The van der Waals surface area contributed by atoms with E-state index in [1.165, 1.54) is 12.8 Å². The predicted octanol–water partition coefficient (Wildman–Crippen LogP) is 1.93. The molecule has 1 aliphatic carbocycles. The molecule has 1 fully saturated rings. The average Bonchev–Trinajstić information content (AvgIpc) is 3.29. The van der Waals surface area contributed by atoms with Crippen molar-refractivity contribution in [2.45, 2.75) is 43.5 Å². The Kier molecular flexibility index (Phi) is 6.02. The number of hydrogen-bond donors (Lipinski definition) is 3. The second-order valence-electron chi connectivity index (χ2n) is 5.40. The highest BCUT2D eigenvalue weighted by Crippen LogP contribution is 2.21. The van der Waals surface area contributed by atoms with E-state index in [0.717, 1.165) is 32.0 Å². The summed E-state index contributed by atoms with van der Waals surface area (Å²) >= 11 is 0. The summed E-state index contributed by atoms with van der Waals surface area (Å²) in [4.78, 5) is 0.327. The molecule has 0 bridgehead atoms. The second-order valence-corrected chi connectivity index (χ2v) is 7.14. The van der Waals surface area contributed by atoms with Gasteiger partial charge in [0.2, 0.25) is 10.0 Å². The lowest BCUT2D eigenvalue weighted by atomic mass is 10.3. The third-order valence-corrected chi connectivity index (χ3v) is 4.92. The molecule has 0 aliphatic heterocycles. The number of benzene rings is 1.